The van der Waals surface area contributed by atoms with Gasteiger partial charge in [-0.3, -0.25) is 9.59 Å². The number of anilines is 1. The van der Waals surface area contributed by atoms with Crippen LogP contribution in [-0.4, -0.2) is 34.4 Å². The van der Waals surface area contributed by atoms with E-state index in [1.807, 2.05) is 0 Å². The Labute approximate surface area is 105 Å². The molecule has 1 aromatic carbocycles. The molecule has 1 aromatic rings. The van der Waals surface area contributed by atoms with Crippen LogP contribution in [0.25, 0.3) is 0 Å². The molecule has 2 amide bonds. The molecule has 0 atom stereocenters. The molecule has 98 valence electrons. The predicted octanol–water partition coefficient (Wildman–Crippen LogP) is 0.310. The molecule has 0 bridgehead atoms. The third-order valence-electron chi connectivity index (χ3n) is 2.48. The zero-order chi connectivity index (χ0) is 13.9. The summed E-state index contributed by atoms with van der Waals surface area (Å²) in [6.07, 6.45) is 0. The lowest BCUT2D eigenvalue weighted by molar-refractivity contribution is -0.119. The lowest BCUT2D eigenvalue weighted by Gasteiger charge is -2.25. The molecule has 0 saturated heterocycles. The van der Waals surface area contributed by atoms with Gasteiger partial charge in [-0.1, -0.05) is 0 Å². The van der Waals surface area contributed by atoms with E-state index in [1.165, 1.54) is 23.1 Å². The minimum atomic E-state index is -0.601. The molecule has 0 unspecified atom stereocenters. The molecule has 6 heteroatoms. The monoisotopic (exact) mass is 251 g/mol. The average Bonchev–Trinajstić information content (AvgIpc) is 2.27. The van der Waals surface area contributed by atoms with Gasteiger partial charge in [-0.25, -0.2) is 0 Å². The van der Waals surface area contributed by atoms with Crippen molar-refractivity contribution in [1.82, 2.24) is 4.90 Å². The Hall–Kier alpha value is -2.24. The summed E-state index contributed by atoms with van der Waals surface area (Å²) in [5.74, 6) is -1.09. The number of hydrogen-bond acceptors (Lipinski definition) is 4. The van der Waals surface area contributed by atoms with E-state index < -0.39 is 11.8 Å². The lowest BCUT2D eigenvalue weighted by atomic mass is 10.1. The summed E-state index contributed by atoms with van der Waals surface area (Å²) in [6.45, 7) is 3.34. The molecule has 0 aromatic heterocycles. The van der Waals surface area contributed by atoms with E-state index in [0.717, 1.165) is 0 Å². The number of nitrogen functional groups attached to an aromatic ring is 1. The minimum absolute atomic E-state index is 0.0599. The summed E-state index contributed by atoms with van der Waals surface area (Å²) in [7, 11) is 0. The maximum atomic E-state index is 12.2. The predicted molar refractivity (Wildman–Crippen MR) is 67.9 cm³/mol. The first kappa shape index (κ1) is 13.8. The summed E-state index contributed by atoms with van der Waals surface area (Å²) in [6, 6.07) is 3.89. The number of carbonyl (C=O) groups excluding carboxylic acids is 2. The van der Waals surface area contributed by atoms with Gasteiger partial charge < -0.3 is 21.5 Å². The molecule has 0 fully saturated rings. The highest BCUT2D eigenvalue weighted by atomic mass is 16.3. The van der Waals surface area contributed by atoms with Crippen molar-refractivity contribution < 1.29 is 14.7 Å². The average molecular weight is 251 g/mol. The van der Waals surface area contributed by atoms with Crippen LogP contribution < -0.4 is 11.5 Å². The first-order chi connectivity index (χ1) is 8.32. The zero-order valence-electron chi connectivity index (χ0n) is 10.4. The van der Waals surface area contributed by atoms with Gasteiger partial charge in [-0.2, -0.15) is 0 Å². The van der Waals surface area contributed by atoms with E-state index in [9.17, 15) is 14.7 Å². The van der Waals surface area contributed by atoms with Gasteiger partial charge in [-0.15, -0.1) is 0 Å². The maximum absolute atomic E-state index is 12.2. The number of aromatic hydroxyl groups is 1. The highest BCUT2D eigenvalue weighted by Crippen LogP contribution is 2.20. The van der Waals surface area contributed by atoms with Crippen LogP contribution in [0.1, 0.15) is 24.2 Å². The summed E-state index contributed by atoms with van der Waals surface area (Å²) in [5, 5.41) is 9.37. The summed E-state index contributed by atoms with van der Waals surface area (Å²) < 4.78 is 0. The Balaban J connectivity index is 3.09. The standard InChI is InChI=1S/C12H17N3O3/c1-7(2)15(6-11(14)17)12(18)9-5-8(16)3-4-10(9)13/h3-5,7,16H,6,13H2,1-2H3,(H2,14,17). The van der Waals surface area contributed by atoms with Gasteiger partial charge in [0.25, 0.3) is 5.91 Å². The molecule has 1 rings (SSSR count). The third kappa shape index (κ3) is 3.13. The molecular formula is C12H17N3O3. The quantitative estimate of drug-likeness (QED) is 0.528. The summed E-state index contributed by atoms with van der Waals surface area (Å²) in [4.78, 5) is 24.5. The molecule has 6 nitrogen and oxygen atoms in total. The second kappa shape index (κ2) is 5.39. The van der Waals surface area contributed by atoms with Crippen LogP contribution in [0.3, 0.4) is 0 Å². The van der Waals surface area contributed by atoms with Crippen LogP contribution in [-0.2, 0) is 4.79 Å². The lowest BCUT2D eigenvalue weighted by Crippen LogP contribution is -2.43. The number of phenolic OH excluding ortho intramolecular Hbond substituents is 1. The van der Waals surface area contributed by atoms with Crippen molar-refractivity contribution in [2.45, 2.75) is 19.9 Å². The first-order valence-electron chi connectivity index (χ1n) is 5.50. The van der Waals surface area contributed by atoms with Gasteiger partial charge >= 0.3 is 0 Å². The zero-order valence-corrected chi connectivity index (χ0v) is 10.4. The van der Waals surface area contributed by atoms with Gasteiger partial charge in [0.2, 0.25) is 5.91 Å². The van der Waals surface area contributed by atoms with E-state index >= 15 is 0 Å². The maximum Gasteiger partial charge on any atom is 0.256 e. The van der Waals surface area contributed by atoms with Crippen molar-refractivity contribution in [3.05, 3.63) is 23.8 Å². The number of rotatable bonds is 4. The fourth-order valence-corrected chi connectivity index (χ4v) is 1.54. The molecule has 0 aliphatic rings. The SMILES string of the molecule is CC(C)N(CC(N)=O)C(=O)c1cc(O)ccc1N. The second-order valence-electron chi connectivity index (χ2n) is 4.26. The van der Waals surface area contributed by atoms with Crippen molar-refractivity contribution >= 4 is 17.5 Å². The molecule has 5 N–H and O–H groups in total. The number of primary amides is 1. The molecule has 0 heterocycles. The molecule has 0 radical (unpaired) electrons. The van der Waals surface area contributed by atoms with E-state index in [4.69, 9.17) is 11.5 Å². The van der Waals surface area contributed by atoms with Gasteiger partial charge in [-0.05, 0) is 32.0 Å². The van der Waals surface area contributed by atoms with Crippen molar-refractivity contribution in [3.8, 4) is 5.75 Å². The van der Waals surface area contributed by atoms with Crippen molar-refractivity contribution in [1.29, 1.82) is 0 Å². The minimum Gasteiger partial charge on any atom is -0.508 e. The topological polar surface area (TPSA) is 110 Å². The summed E-state index contributed by atoms with van der Waals surface area (Å²) in [5.41, 5.74) is 11.2. The van der Waals surface area contributed by atoms with Gasteiger partial charge in [0.15, 0.2) is 0 Å². The largest absolute Gasteiger partial charge is 0.508 e. The molecule has 18 heavy (non-hydrogen) atoms. The van der Waals surface area contributed by atoms with Crippen molar-refractivity contribution in [2.24, 2.45) is 5.73 Å². The summed E-state index contributed by atoms with van der Waals surface area (Å²) >= 11 is 0. The van der Waals surface area contributed by atoms with Crippen LogP contribution >= 0.6 is 0 Å². The molecule has 0 aliphatic heterocycles. The van der Waals surface area contributed by atoms with Gasteiger partial charge in [0, 0.05) is 11.7 Å². The number of benzene rings is 1. The first-order valence-corrected chi connectivity index (χ1v) is 5.50. The number of carbonyl (C=O) groups is 2. The Kier molecular flexibility index (Phi) is 4.14. The van der Waals surface area contributed by atoms with E-state index in [-0.39, 0.29) is 29.6 Å². The number of nitrogens with two attached hydrogens (primary N) is 2. The number of hydrogen-bond donors (Lipinski definition) is 3. The van der Waals surface area contributed by atoms with Crippen LogP contribution in [0.5, 0.6) is 5.75 Å². The fourth-order valence-electron chi connectivity index (χ4n) is 1.54. The van der Waals surface area contributed by atoms with Crippen LogP contribution in [0.2, 0.25) is 0 Å². The second-order valence-corrected chi connectivity index (χ2v) is 4.26. The van der Waals surface area contributed by atoms with Crippen molar-refractivity contribution in [2.75, 3.05) is 12.3 Å². The van der Waals surface area contributed by atoms with E-state index in [0.29, 0.717) is 0 Å². The van der Waals surface area contributed by atoms with Crippen LogP contribution in [0.15, 0.2) is 18.2 Å². The fraction of sp³-hybridized carbons (Fsp3) is 0.333. The normalized spacial score (nSPS) is 10.4. The Morgan fingerprint density at radius 2 is 2.00 bits per heavy atom. The molecule has 0 saturated carbocycles. The van der Waals surface area contributed by atoms with Gasteiger partial charge in [0.05, 0.1) is 12.1 Å². The van der Waals surface area contributed by atoms with E-state index in [1.54, 1.807) is 13.8 Å². The Morgan fingerprint density at radius 3 is 2.50 bits per heavy atom. The number of amides is 2. The smallest absolute Gasteiger partial charge is 0.256 e. The highest BCUT2D eigenvalue weighted by molar-refractivity contribution is 6.01. The van der Waals surface area contributed by atoms with E-state index in [2.05, 4.69) is 0 Å². The number of nitrogens with zero attached hydrogens (tertiary/aromatic N) is 1. The van der Waals surface area contributed by atoms with Crippen LogP contribution in [0.4, 0.5) is 5.69 Å². The van der Waals surface area contributed by atoms with Gasteiger partial charge in [0.1, 0.15) is 5.75 Å². The molecule has 0 spiro atoms. The number of phenols is 1. The molecular weight excluding hydrogens is 234 g/mol. The third-order valence-corrected chi connectivity index (χ3v) is 2.48. The molecule has 0 aliphatic carbocycles. The Morgan fingerprint density at radius 1 is 1.39 bits per heavy atom. The Bertz CT molecular complexity index is 472. The van der Waals surface area contributed by atoms with Crippen LogP contribution in [0, 0.1) is 0 Å². The highest BCUT2D eigenvalue weighted by Gasteiger charge is 2.22. The van der Waals surface area contributed by atoms with Crippen molar-refractivity contribution in [3.63, 3.8) is 0 Å².